The zero-order chi connectivity index (χ0) is 8.27. The molecular formula is C9H15NaO2. The Morgan fingerprint density at radius 3 is 2.25 bits per heavy atom. The molecular weight excluding hydrogens is 163 g/mol. The fraction of sp³-hybridized carbons (Fsp3) is 0.889. The standard InChI is InChI=1S/C9H16O2.Na/c1-7(9(10)11)8-5-3-2-4-6-8;/h7-8H,2-6H2,1H3,(H,10,11);/q;+1/p-1/t7-;/m1./s1. The molecule has 2 nitrogen and oxygen atoms in total. The summed E-state index contributed by atoms with van der Waals surface area (Å²) in [6.07, 6.45) is 5.82. The minimum atomic E-state index is -0.878. The Labute approximate surface area is 96.0 Å². The molecule has 1 atom stereocenters. The number of hydrogen-bond donors (Lipinski definition) is 0. The SMILES string of the molecule is C[C@@H](C(=O)[O-])C1CCCCC1.[Na+]. The van der Waals surface area contributed by atoms with E-state index in [4.69, 9.17) is 0 Å². The van der Waals surface area contributed by atoms with E-state index in [9.17, 15) is 9.90 Å². The molecule has 0 unspecified atom stereocenters. The topological polar surface area (TPSA) is 40.1 Å². The monoisotopic (exact) mass is 178 g/mol. The van der Waals surface area contributed by atoms with Crippen LogP contribution in [0.5, 0.6) is 0 Å². The molecule has 0 aromatic rings. The van der Waals surface area contributed by atoms with Gasteiger partial charge in [0.15, 0.2) is 0 Å². The Morgan fingerprint density at radius 1 is 1.33 bits per heavy atom. The third-order valence-electron chi connectivity index (χ3n) is 2.73. The molecule has 1 rings (SSSR count). The van der Waals surface area contributed by atoms with Gasteiger partial charge in [-0.05, 0) is 24.7 Å². The van der Waals surface area contributed by atoms with Crippen LogP contribution in [0, 0.1) is 11.8 Å². The van der Waals surface area contributed by atoms with Gasteiger partial charge in [0.05, 0.1) is 0 Å². The van der Waals surface area contributed by atoms with Crippen LogP contribution in [0.15, 0.2) is 0 Å². The van der Waals surface area contributed by atoms with Crippen LogP contribution in [0.4, 0.5) is 0 Å². The largest absolute Gasteiger partial charge is 1.00 e. The molecule has 0 aromatic carbocycles. The zero-order valence-corrected chi connectivity index (χ0v) is 10.0. The second kappa shape index (κ2) is 6.01. The molecule has 0 saturated heterocycles. The van der Waals surface area contributed by atoms with E-state index in [0.717, 1.165) is 12.8 Å². The number of hydrogen-bond acceptors (Lipinski definition) is 2. The third-order valence-corrected chi connectivity index (χ3v) is 2.73. The van der Waals surface area contributed by atoms with Crippen LogP contribution in [0.2, 0.25) is 0 Å². The van der Waals surface area contributed by atoms with E-state index in [1.165, 1.54) is 19.3 Å². The first-order chi connectivity index (χ1) is 5.22. The molecule has 0 N–H and O–H groups in total. The molecule has 12 heavy (non-hydrogen) atoms. The fourth-order valence-electron chi connectivity index (χ4n) is 1.83. The van der Waals surface area contributed by atoms with Crippen molar-refractivity contribution in [3.8, 4) is 0 Å². The first kappa shape index (κ1) is 12.5. The van der Waals surface area contributed by atoms with E-state index in [1.54, 1.807) is 6.92 Å². The maximum Gasteiger partial charge on any atom is 1.00 e. The summed E-state index contributed by atoms with van der Waals surface area (Å²) in [6.45, 7) is 1.77. The maximum absolute atomic E-state index is 10.5. The second-order valence-corrected chi connectivity index (χ2v) is 3.51. The average molecular weight is 178 g/mol. The van der Waals surface area contributed by atoms with Crippen LogP contribution in [-0.4, -0.2) is 5.97 Å². The predicted molar refractivity (Wildman–Crippen MR) is 40.7 cm³/mol. The van der Waals surface area contributed by atoms with Gasteiger partial charge in [0.25, 0.3) is 0 Å². The van der Waals surface area contributed by atoms with Crippen LogP contribution in [-0.2, 0) is 4.79 Å². The first-order valence-corrected chi connectivity index (χ1v) is 4.42. The minimum absolute atomic E-state index is 0. The summed E-state index contributed by atoms with van der Waals surface area (Å²) in [4.78, 5) is 10.5. The summed E-state index contributed by atoms with van der Waals surface area (Å²) < 4.78 is 0. The van der Waals surface area contributed by atoms with Gasteiger partial charge in [-0.3, -0.25) is 0 Å². The molecule has 1 aliphatic carbocycles. The molecule has 0 heterocycles. The second-order valence-electron chi connectivity index (χ2n) is 3.51. The van der Waals surface area contributed by atoms with Gasteiger partial charge < -0.3 is 9.90 Å². The molecule has 1 aliphatic rings. The third kappa shape index (κ3) is 3.46. The van der Waals surface area contributed by atoms with Crippen molar-refractivity contribution >= 4 is 5.97 Å². The van der Waals surface area contributed by atoms with Gasteiger partial charge in [-0.25, -0.2) is 0 Å². The van der Waals surface area contributed by atoms with E-state index in [2.05, 4.69) is 0 Å². The van der Waals surface area contributed by atoms with Crippen LogP contribution < -0.4 is 34.7 Å². The van der Waals surface area contributed by atoms with Crippen LogP contribution in [0.25, 0.3) is 0 Å². The van der Waals surface area contributed by atoms with E-state index < -0.39 is 5.97 Å². The van der Waals surface area contributed by atoms with Crippen molar-refractivity contribution in [3.05, 3.63) is 0 Å². The molecule has 0 bridgehead atoms. The predicted octanol–water partition coefficient (Wildman–Crippen LogP) is -2.04. The number of aliphatic carboxylic acids is 1. The molecule has 3 heteroatoms. The van der Waals surface area contributed by atoms with Gasteiger partial charge in [-0.1, -0.05) is 26.2 Å². The maximum atomic E-state index is 10.5. The van der Waals surface area contributed by atoms with Crippen molar-refractivity contribution in [2.24, 2.45) is 11.8 Å². The average Bonchev–Trinajstić information content (AvgIpc) is 2.05. The normalized spacial score (nSPS) is 21.1. The van der Waals surface area contributed by atoms with Crippen LogP contribution in [0.1, 0.15) is 39.0 Å². The fourth-order valence-corrected chi connectivity index (χ4v) is 1.83. The first-order valence-electron chi connectivity index (χ1n) is 4.42. The molecule has 0 amide bonds. The Morgan fingerprint density at radius 2 is 1.83 bits per heavy atom. The number of rotatable bonds is 2. The summed E-state index contributed by atoms with van der Waals surface area (Å²) in [5.41, 5.74) is 0. The van der Waals surface area contributed by atoms with E-state index in [-0.39, 0.29) is 35.5 Å². The summed E-state index contributed by atoms with van der Waals surface area (Å²) >= 11 is 0. The molecule has 0 aromatic heterocycles. The summed E-state index contributed by atoms with van der Waals surface area (Å²) in [5.74, 6) is -0.735. The van der Waals surface area contributed by atoms with Crippen molar-refractivity contribution in [3.63, 3.8) is 0 Å². The van der Waals surface area contributed by atoms with Gasteiger partial charge in [0.1, 0.15) is 0 Å². The van der Waals surface area contributed by atoms with E-state index in [0.29, 0.717) is 5.92 Å². The summed E-state index contributed by atoms with van der Waals surface area (Å²) in [6, 6.07) is 0. The molecule has 0 radical (unpaired) electrons. The zero-order valence-electron chi connectivity index (χ0n) is 8.01. The van der Waals surface area contributed by atoms with Crippen molar-refractivity contribution < 1.29 is 39.5 Å². The number of carbonyl (C=O) groups excluding carboxylic acids is 1. The van der Waals surface area contributed by atoms with Crippen molar-refractivity contribution in [1.29, 1.82) is 0 Å². The van der Waals surface area contributed by atoms with Gasteiger partial charge in [0, 0.05) is 5.97 Å². The molecule has 1 saturated carbocycles. The van der Waals surface area contributed by atoms with Crippen LogP contribution >= 0.6 is 0 Å². The minimum Gasteiger partial charge on any atom is -0.550 e. The van der Waals surface area contributed by atoms with Gasteiger partial charge in [0.2, 0.25) is 0 Å². The van der Waals surface area contributed by atoms with Crippen LogP contribution in [0.3, 0.4) is 0 Å². The number of carbonyl (C=O) groups is 1. The van der Waals surface area contributed by atoms with Crippen molar-refractivity contribution in [1.82, 2.24) is 0 Å². The Balaban J connectivity index is 0.00000121. The smallest absolute Gasteiger partial charge is 0.550 e. The van der Waals surface area contributed by atoms with Gasteiger partial charge in [-0.15, -0.1) is 0 Å². The van der Waals surface area contributed by atoms with Gasteiger partial charge in [-0.2, -0.15) is 0 Å². The number of carboxylic acids is 1. The molecule has 0 spiro atoms. The Kier molecular flexibility index (Phi) is 6.24. The quantitative estimate of drug-likeness (QED) is 0.457. The van der Waals surface area contributed by atoms with E-state index >= 15 is 0 Å². The summed E-state index contributed by atoms with van der Waals surface area (Å²) in [7, 11) is 0. The van der Waals surface area contributed by atoms with Crippen molar-refractivity contribution in [2.45, 2.75) is 39.0 Å². The molecule has 0 aliphatic heterocycles. The Bertz CT molecular complexity index is 141. The van der Waals surface area contributed by atoms with Crippen molar-refractivity contribution in [2.75, 3.05) is 0 Å². The van der Waals surface area contributed by atoms with Gasteiger partial charge >= 0.3 is 29.6 Å². The number of carboxylic acid groups (broad SMARTS) is 1. The van der Waals surface area contributed by atoms with E-state index in [1.807, 2.05) is 0 Å². The Hall–Kier alpha value is 0.470. The molecule has 64 valence electrons. The molecule has 1 fully saturated rings. The summed E-state index contributed by atoms with van der Waals surface area (Å²) in [5, 5.41) is 10.5.